The molecule has 4 aromatic heterocycles. The maximum atomic E-state index is 14.1. The minimum atomic E-state index is -3.79. The van der Waals surface area contributed by atoms with E-state index in [0.29, 0.717) is 88.1 Å². The molecule has 12 nitrogen and oxygen atoms in total. The zero-order valence-electron chi connectivity index (χ0n) is 31.2. The van der Waals surface area contributed by atoms with E-state index in [9.17, 15) is 32.0 Å². The molecule has 5 aromatic rings. The number of piperidine rings is 1. The van der Waals surface area contributed by atoms with Crippen LogP contribution >= 0.6 is 22.9 Å². The number of thiophene rings is 1. The number of hydrogen-bond donors (Lipinski definition) is 1. The Morgan fingerprint density at radius 3 is 2.61 bits per heavy atom. The van der Waals surface area contributed by atoms with Gasteiger partial charge in [0.2, 0.25) is 15.9 Å². The van der Waals surface area contributed by atoms with Crippen LogP contribution in [0.2, 0.25) is 5.02 Å². The smallest absolute Gasteiger partial charge is 0.267 e. The molecule has 0 aliphatic carbocycles. The predicted octanol–water partition coefficient (Wildman–Crippen LogP) is 6.37. The number of hydrogen-bond acceptors (Lipinski definition) is 11. The molecule has 0 unspecified atom stereocenters. The molecule has 292 valence electrons. The first-order valence-electron chi connectivity index (χ1n) is 18.0. The number of alkyl halides is 2. The summed E-state index contributed by atoms with van der Waals surface area (Å²) in [5.74, 6) is 3.26. The molecule has 1 aromatic carbocycles. The predicted molar refractivity (Wildman–Crippen MR) is 215 cm³/mol. The van der Waals surface area contributed by atoms with Gasteiger partial charge in [0.25, 0.3) is 11.5 Å². The fourth-order valence-electron chi connectivity index (χ4n) is 6.85. The summed E-state index contributed by atoms with van der Waals surface area (Å²) < 4.78 is 55.2. The molecule has 6 rings (SSSR count). The van der Waals surface area contributed by atoms with Crippen LogP contribution in [0.4, 0.5) is 14.6 Å². The lowest BCUT2D eigenvalue weighted by Crippen LogP contribution is -2.46. The third kappa shape index (κ3) is 8.69. The molecule has 0 bridgehead atoms. The van der Waals surface area contributed by atoms with Crippen LogP contribution in [0, 0.1) is 30.1 Å². The lowest BCUT2D eigenvalue weighted by molar-refractivity contribution is 0.00121. The second-order valence-corrected chi connectivity index (χ2v) is 16.9. The summed E-state index contributed by atoms with van der Waals surface area (Å²) in [6.45, 7) is 8.06. The van der Waals surface area contributed by atoms with Gasteiger partial charge in [-0.3, -0.25) is 19.1 Å². The second kappa shape index (κ2) is 16.6. The average Bonchev–Trinajstić information content (AvgIpc) is 3.61. The van der Waals surface area contributed by atoms with E-state index in [1.807, 2.05) is 16.7 Å². The first-order chi connectivity index (χ1) is 26.6. The Morgan fingerprint density at radius 1 is 1.18 bits per heavy atom. The number of nitrogens with one attached hydrogen (secondary N) is 1. The van der Waals surface area contributed by atoms with Gasteiger partial charge in [-0.15, -0.1) is 11.3 Å². The Labute approximate surface area is 332 Å². The van der Waals surface area contributed by atoms with E-state index in [1.54, 1.807) is 36.6 Å². The molecular formula is C39H39ClF2N8O4S2. The number of rotatable bonds is 11. The van der Waals surface area contributed by atoms with Crippen molar-refractivity contribution in [2.75, 3.05) is 36.8 Å². The van der Waals surface area contributed by atoms with E-state index in [0.717, 1.165) is 6.92 Å². The monoisotopic (exact) mass is 820 g/mol. The Balaban J connectivity index is 1.31. The van der Waals surface area contributed by atoms with Crippen molar-refractivity contribution < 1.29 is 22.0 Å². The van der Waals surface area contributed by atoms with Crippen LogP contribution in [0.1, 0.15) is 67.3 Å². The molecule has 5 heterocycles. The third-order valence-electron chi connectivity index (χ3n) is 9.82. The summed E-state index contributed by atoms with van der Waals surface area (Å²) in [6.07, 6.45) is 4.22. The minimum absolute atomic E-state index is 0.00672. The Kier molecular flexibility index (Phi) is 12.1. The van der Waals surface area contributed by atoms with Crippen LogP contribution < -0.4 is 15.2 Å². The van der Waals surface area contributed by atoms with Gasteiger partial charge < -0.3 is 9.80 Å². The molecule has 56 heavy (non-hydrogen) atoms. The summed E-state index contributed by atoms with van der Waals surface area (Å²) in [4.78, 5) is 44.7. The molecule has 1 aliphatic heterocycles. The average molecular weight is 821 g/mol. The molecule has 1 fully saturated rings. The molecule has 1 N–H and O–H groups in total. The van der Waals surface area contributed by atoms with Gasteiger partial charge >= 0.3 is 0 Å². The largest absolute Gasteiger partial charge is 0.353 e. The molecule has 1 saturated heterocycles. The third-order valence-corrected chi connectivity index (χ3v) is 12.3. The number of nitriles is 1. The number of nitrogens with zero attached hydrogens (tertiary/aromatic N) is 7. The molecule has 0 radical (unpaired) electrons. The van der Waals surface area contributed by atoms with E-state index >= 15 is 0 Å². The molecule has 1 amide bonds. The number of sulfonamides is 1. The summed E-state index contributed by atoms with van der Waals surface area (Å²) >= 11 is 7.67. The number of aromatic nitrogens is 4. The highest BCUT2D eigenvalue weighted by Gasteiger charge is 2.30. The summed E-state index contributed by atoms with van der Waals surface area (Å²) in [5, 5.41) is 12.6. The lowest BCUT2D eigenvalue weighted by Gasteiger charge is -2.39. The number of aryl methyl sites for hydroxylation is 1. The summed E-state index contributed by atoms with van der Waals surface area (Å²) in [5.41, 5.74) is 2.32. The minimum Gasteiger partial charge on any atom is -0.353 e. The van der Waals surface area contributed by atoms with Crippen LogP contribution in [0.3, 0.4) is 0 Å². The number of carbonyl (C=O) groups excluding carboxylic acids is 1. The van der Waals surface area contributed by atoms with Crippen molar-refractivity contribution in [2.45, 2.75) is 65.5 Å². The molecular weight excluding hydrogens is 782 g/mol. The van der Waals surface area contributed by atoms with Crippen molar-refractivity contribution in [1.29, 1.82) is 5.26 Å². The number of halogens is 3. The van der Waals surface area contributed by atoms with E-state index in [-0.39, 0.29) is 41.3 Å². The highest BCUT2D eigenvalue weighted by Crippen LogP contribution is 2.37. The van der Waals surface area contributed by atoms with Gasteiger partial charge in [-0.1, -0.05) is 23.4 Å². The van der Waals surface area contributed by atoms with Gasteiger partial charge in [-0.25, -0.2) is 31.9 Å². The van der Waals surface area contributed by atoms with Crippen molar-refractivity contribution in [1.82, 2.24) is 29.1 Å². The Bertz CT molecular complexity index is 2600. The second-order valence-electron chi connectivity index (χ2n) is 13.6. The maximum Gasteiger partial charge on any atom is 0.267 e. The van der Waals surface area contributed by atoms with Crippen LogP contribution in [0.5, 0.6) is 0 Å². The van der Waals surface area contributed by atoms with Gasteiger partial charge in [0.15, 0.2) is 0 Å². The number of fused-ring (bicyclic) bond motifs is 2. The molecule has 0 spiro atoms. The van der Waals surface area contributed by atoms with E-state index in [2.05, 4.69) is 37.6 Å². The van der Waals surface area contributed by atoms with Crippen molar-refractivity contribution in [2.24, 2.45) is 0 Å². The number of carbonyl (C=O) groups is 1. The normalized spacial score (nSPS) is 14.0. The van der Waals surface area contributed by atoms with Gasteiger partial charge in [-0.2, -0.15) is 5.26 Å². The Hall–Kier alpha value is -5.00. The topological polar surface area (TPSA) is 154 Å². The quantitative estimate of drug-likeness (QED) is 0.149. The van der Waals surface area contributed by atoms with Crippen molar-refractivity contribution in [3.05, 3.63) is 79.9 Å². The highest BCUT2D eigenvalue weighted by atomic mass is 35.5. The van der Waals surface area contributed by atoms with Crippen molar-refractivity contribution in [3.63, 3.8) is 0 Å². The zero-order valence-corrected chi connectivity index (χ0v) is 33.6. The SMILES string of the molecule is CCN(c1ncc2nc(C)n(CC#Cc3ccc(Cl)cc3-c3ccnc4c(C(=O)NS(=O)(=O)CC)csc34)c(=O)c2c1C#N)C1CCN(CCC(C)(F)F)CC1. The van der Waals surface area contributed by atoms with Gasteiger partial charge in [-0.05, 0) is 64.8 Å². The first-order valence-corrected chi connectivity index (χ1v) is 20.9. The first kappa shape index (κ1) is 40.7. The fourth-order valence-corrected chi connectivity index (χ4v) is 8.59. The standard InChI is InChI=1S/C39H39ClF2N8O4S2/c1-5-49(27-12-17-48(18-13-27)19-14-39(4,41)42)36-30(21-43)33-32(22-45-36)46-24(3)50(38(33)52)16-7-8-25-9-10-26(40)20-29(25)28-11-15-44-34-31(23-55-35(28)34)37(51)47-56(53,54)6-2/h9-11,15,20,22-23,27H,5-6,12-14,16-19H2,1-4H3,(H,47,51). The zero-order chi connectivity index (χ0) is 40.4. The highest BCUT2D eigenvalue weighted by molar-refractivity contribution is 7.90. The van der Waals surface area contributed by atoms with Gasteiger partial charge in [0, 0.05) is 71.9 Å². The summed E-state index contributed by atoms with van der Waals surface area (Å²) in [6, 6.07) is 9.15. The molecule has 0 saturated carbocycles. The van der Waals surface area contributed by atoms with Crippen molar-refractivity contribution in [3.8, 4) is 29.0 Å². The summed E-state index contributed by atoms with van der Waals surface area (Å²) in [7, 11) is -3.79. The van der Waals surface area contributed by atoms with E-state index < -0.39 is 27.4 Å². The fraction of sp³-hybridized carbons (Fsp3) is 0.385. The van der Waals surface area contributed by atoms with Crippen LogP contribution in [-0.2, 0) is 16.6 Å². The van der Waals surface area contributed by atoms with Crippen LogP contribution in [-0.4, -0.2) is 82.6 Å². The van der Waals surface area contributed by atoms with Crippen molar-refractivity contribution >= 4 is 65.8 Å². The van der Waals surface area contributed by atoms with Crippen LogP contribution in [0.25, 0.3) is 32.2 Å². The molecule has 0 atom stereocenters. The van der Waals surface area contributed by atoms with E-state index in [4.69, 9.17) is 11.6 Å². The van der Waals surface area contributed by atoms with Gasteiger partial charge in [0.1, 0.15) is 23.3 Å². The maximum absolute atomic E-state index is 14.1. The Morgan fingerprint density at radius 2 is 1.93 bits per heavy atom. The number of anilines is 1. The number of benzene rings is 1. The number of pyridine rings is 2. The number of amides is 1. The number of likely N-dealkylation sites (tertiary alicyclic amines) is 1. The molecule has 17 heteroatoms. The van der Waals surface area contributed by atoms with Gasteiger partial charge in [0.05, 0.1) is 45.2 Å². The lowest BCUT2D eigenvalue weighted by atomic mass is 10.00. The van der Waals surface area contributed by atoms with Crippen LogP contribution in [0.15, 0.2) is 46.8 Å². The molecule has 1 aliphatic rings. The van der Waals surface area contributed by atoms with E-state index in [1.165, 1.54) is 35.2 Å².